The van der Waals surface area contributed by atoms with E-state index in [0.717, 1.165) is 14.6 Å². The molecule has 0 saturated carbocycles. The molecule has 1 saturated heterocycles. The van der Waals surface area contributed by atoms with E-state index in [4.69, 9.17) is 0 Å². The first-order valence-corrected chi connectivity index (χ1v) is 5.83. The maximum absolute atomic E-state index is 11.0. The van der Waals surface area contributed by atoms with E-state index in [2.05, 4.69) is 42.2 Å². The highest BCUT2D eigenvalue weighted by molar-refractivity contribution is 9.13. The predicted molar refractivity (Wildman–Crippen MR) is 60.0 cm³/mol. The Bertz CT molecular complexity index is 381. The van der Waals surface area contributed by atoms with Crippen molar-refractivity contribution >= 4 is 37.8 Å². The molecule has 0 aromatic carbocycles. The van der Waals surface area contributed by atoms with Gasteiger partial charge in [-0.3, -0.25) is 4.79 Å². The second-order valence-corrected chi connectivity index (χ2v) is 4.85. The van der Waals surface area contributed by atoms with Crippen molar-refractivity contribution in [2.75, 3.05) is 6.54 Å². The fourth-order valence-corrected chi connectivity index (χ4v) is 2.08. The van der Waals surface area contributed by atoms with Gasteiger partial charge in [-0.2, -0.15) is 0 Å². The molecule has 0 spiro atoms. The van der Waals surface area contributed by atoms with Gasteiger partial charge in [-0.05, 0) is 43.5 Å². The molecule has 1 aromatic heterocycles. The number of carbonyl (C=O) groups excluding carboxylic acids is 1. The molecule has 1 unspecified atom stereocenters. The van der Waals surface area contributed by atoms with Gasteiger partial charge in [0, 0.05) is 25.1 Å². The summed E-state index contributed by atoms with van der Waals surface area (Å²) in [5.41, 5.74) is 1.10. The Labute approximate surface area is 98.6 Å². The number of aromatic nitrogens is 1. The summed E-state index contributed by atoms with van der Waals surface area (Å²) in [5.74, 6) is 0.383. The summed E-state index contributed by atoms with van der Waals surface area (Å²) >= 11 is 6.70. The average Bonchev–Trinajstić information content (AvgIpc) is 2.57. The molecule has 1 amide bonds. The number of nitrogens with one attached hydrogen (secondary N) is 1. The monoisotopic (exact) mass is 318 g/mol. The van der Waals surface area contributed by atoms with Crippen molar-refractivity contribution in [1.29, 1.82) is 0 Å². The topological polar surface area (TPSA) is 42.0 Å². The zero-order valence-electron chi connectivity index (χ0n) is 7.26. The summed E-state index contributed by atoms with van der Waals surface area (Å²) in [7, 11) is 0. The van der Waals surface area contributed by atoms with Crippen LogP contribution in [0.15, 0.2) is 21.3 Å². The molecule has 1 aliphatic heterocycles. The Morgan fingerprint density at radius 3 is 2.86 bits per heavy atom. The molecule has 3 nitrogen and oxygen atoms in total. The Morgan fingerprint density at radius 1 is 1.50 bits per heavy atom. The first-order valence-electron chi connectivity index (χ1n) is 4.24. The molecular weight excluding hydrogens is 312 g/mol. The number of amides is 1. The molecule has 1 N–H and O–H groups in total. The summed E-state index contributed by atoms with van der Waals surface area (Å²) in [6, 6.07) is 2.00. The lowest BCUT2D eigenvalue weighted by molar-refractivity contribution is -0.119. The third-order valence-electron chi connectivity index (χ3n) is 2.27. The van der Waals surface area contributed by atoms with Gasteiger partial charge in [0.25, 0.3) is 0 Å². The number of rotatable bonds is 1. The van der Waals surface area contributed by atoms with Crippen LogP contribution in [0.4, 0.5) is 0 Å². The van der Waals surface area contributed by atoms with Gasteiger partial charge in [0.05, 0.1) is 4.47 Å². The summed E-state index contributed by atoms with van der Waals surface area (Å²) < 4.78 is 1.72. The second-order valence-electron chi connectivity index (χ2n) is 3.25. The molecule has 0 radical (unpaired) electrons. The first kappa shape index (κ1) is 10.1. The van der Waals surface area contributed by atoms with Crippen LogP contribution in [-0.2, 0) is 4.79 Å². The molecule has 74 valence electrons. The van der Waals surface area contributed by atoms with Gasteiger partial charge in [-0.1, -0.05) is 0 Å². The van der Waals surface area contributed by atoms with Crippen LogP contribution in [0, 0.1) is 0 Å². The summed E-state index contributed by atoms with van der Waals surface area (Å²) in [6.07, 6.45) is 2.37. The maximum Gasteiger partial charge on any atom is 0.220 e. The van der Waals surface area contributed by atoms with E-state index in [1.54, 1.807) is 6.20 Å². The molecule has 1 aromatic rings. The van der Waals surface area contributed by atoms with E-state index >= 15 is 0 Å². The minimum Gasteiger partial charge on any atom is -0.355 e. The fourth-order valence-electron chi connectivity index (χ4n) is 1.50. The van der Waals surface area contributed by atoms with Gasteiger partial charge < -0.3 is 5.32 Å². The van der Waals surface area contributed by atoms with Crippen LogP contribution in [0.1, 0.15) is 17.9 Å². The average molecular weight is 320 g/mol. The van der Waals surface area contributed by atoms with E-state index in [1.807, 2.05) is 6.07 Å². The Morgan fingerprint density at radius 2 is 2.29 bits per heavy atom. The van der Waals surface area contributed by atoms with Crippen molar-refractivity contribution in [3.63, 3.8) is 0 Å². The van der Waals surface area contributed by atoms with E-state index in [1.165, 1.54) is 0 Å². The Balaban J connectivity index is 2.24. The quantitative estimate of drug-likeness (QED) is 0.806. The molecule has 1 fully saturated rings. The van der Waals surface area contributed by atoms with Gasteiger partial charge >= 0.3 is 0 Å². The Hall–Kier alpha value is -0.420. The second kappa shape index (κ2) is 3.98. The first-order chi connectivity index (χ1) is 6.66. The van der Waals surface area contributed by atoms with Crippen LogP contribution in [0.5, 0.6) is 0 Å². The molecule has 2 heterocycles. The van der Waals surface area contributed by atoms with Crippen molar-refractivity contribution in [3.05, 3.63) is 26.9 Å². The van der Waals surface area contributed by atoms with Crippen molar-refractivity contribution in [1.82, 2.24) is 10.3 Å². The molecule has 0 aliphatic carbocycles. The smallest absolute Gasteiger partial charge is 0.220 e. The van der Waals surface area contributed by atoms with Crippen LogP contribution in [0.25, 0.3) is 0 Å². The minimum absolute atomic E-state index is 0.119. The molecule has 1 atom stereocenters. The summed E-state index contributed by atoms with van der Waals surface area (Å²) in [4.78, 5) is 15.2. The third kappa shape index (κ3) is 1.98. The highest BCUT2D eigenvalue weighted by atomic mass is 79.9. The molecule has 14 heavy (non-hydrogen) atoms. The lowest BCUT2D eigenvalue weighted by Crippen LogP contribution is -2.13. The molecule has 1 aliphatic rings. The number of hydrogen-bond acceptors (Lipinski definition) is 2. The highest BCUT2D eigenvalue weighted by Gasteiger charge is 2.23. The zero-order valence-corrected chi connectivity index (χ0v) is 10.4. The van der Waals surface area contributed by atoms with Crippen LogP contribution in [0.2, 0.25) is 0 Å². The summed E-state index contributed by atoms with van der Waals surface area (Å²) in [6.45, 7) is 0.717. The number of carbonyl (C=O) groups is 1. The number of halogens is 2. The standard InChI is InChI=1S/C9H8Br2N2O/c10-7-1-5(4-13-9(7)11)6-2-8(14)12-3-6/h1,4,6H,2-3H2,(H,12,14). The van der Waals surface area contributed by atoms with Gasteiger partial charge in [-0.15, -0.1) is 0 Å². The molecular formula is C9H8Br2N2O. The molecule has 0 bridgehead atoms. The number of pyridine rings is 1. The van der Waals surface area contributed by atoms with Crippen LogP contribution >= 0.6 is 31.9 Å². The lowest BCUT2D eigenvalue weighted by atomic mass is 10.0. The minimum atomic E-state index is 0.119. The van der Waals surface area contributed by atoms with Gasteiger partial charge in [0.1, 0.15) is 4.60 Å². The van der Waals surface area contributed by atoms with Crippen LogP contribution in [0.3, 0.4) is 0 Å². The van der Waals surface area contributed by atoms with Gasteiger partial charge in [0.15, 0.2) is 0 Å². The van der Waals surface area contributed by atoms with Crippen molar-refractivity contribution in [3.8, 4) is 0 Å². The fraction of sp³-hybridized carbons (Fsp3) is 0.333. The maximum atomic E-state index is 11.0. The SMILES string of the molecule is O=C1CC(c2cnc(Br)c(Br)c2)CN1. The van der Waals surface area contributed by atoms with E-state index < -0.39 is 0 Å². The van der Waals surface area contributed by atoms with E-state index in [9.17, 15) is 4.79 Å². The van der Waals surface area contributed by atoms with Crippen LogP contribution in [-0.4, -0.2) is 17.4 Å². The van der Waals surface area contributed by atoms with Crippen LogP contribution < -0.4 is 5.32 Å². The zero-order chi connectivity index (χ0) is 10.1. The largest absolute Gasteiger partial charge is 0.355 e. The third-order valence-corrected chi connectivity index (χ3v) is 4.03. The van der Waals surface area contributed by atoms with Crippen molar-refractivity contribution in [2.45, 2.75) is 12.3 Å². The normalized spacial score (nSPS) is 21.0. The lowest BCUT2D eigenvalue weighted by Gasteiger charge is -2.07. The van der Waals surface area contributed by atoms with E-state index in [-0.39, 0.29) is 11.8 Å². The predicted octanol–water partition coefficient (Wildman–Crippen LogP) is 2.21. The van der Waals surface area contributed by atoms with Gasteiger partial charge in [-0.25, -0.2) is 4.98 Å². The van der Waals surface area contributed by atoms with E-state index in [0.29, 0.717) is 13.0 Å². The van der Waals surface area contributed by atoms with Gasteiger partial charge in [0.2, 0.25) is 5.91 Å². The molecule has 5 heteroatoms. The number of nitrogens with zero attached hydrogens (tertiary/aromatic N) is 1. The number of hydrogen-bond donors (Lipinski definition) is 1. The molecule has 2 rings (SSSR count). The highest BCUT2D eigenvalue weighted by Crippen LogP contribution is 2.28. The van der Waals surface area contributed by atoms with Crippen molar-refractivity contribution < 1.29 is 4.79 Å². The Kier molecular flexibility index (Phi) is 2.88. The van der Waals surface area contributed by atoms with Crippen molar-refractivity contribution in [2.24, 2.45) is 0 Å². The summed E-state index contributed by atoms with van der Waals surface area (Å²) in [5, 5.41) is 2.81.